The molecule has 0 aromatic carbocycles. The Balaban J connectivity index is 1.50. The van der Waals surface area contributed by atoms with Crippen molar-refractivity contribution in [2.24, 2.45) is 0 Å². The van der Waals surface area contributed by atoms with Crippen LogP contribution in [0.25, 0.3) is 11.0 Å². The lowest BCUT2D eigenvalue weighted by Crippen LogP contribution is -2.32. The minimum Gasteiger partial charge on any atom is -0.368 e. The number of nitrogens with zero attached hydrogens (tertiary/aromatic N) is 4. The second-order valence-electron chi connectivity index (χ2n) is 6.94. The average Bonchev–Trinajstić information content (AvgIpc) is 3.08. The van der Waals surface area contributed by atoms with Crippen molar-refractivity contribution in [2.45, 2.75) is 49.4 Å². The molecule has 0 radical (unpaired) electrons. The number of fused-ring (bicyclic) bond motifs is 1. The molecule has 2 aliphatic rings. The average molecular weight is 372 g/mol. The summed E-state index contributed by atoms with van der Waals surface area (Å²) >= 11 is 0. The first-order valence-electron chi connectivity index (χ1n) is 7.99. The number of halogens is 2. The zero-order valence-corrected chi connectivity index (χ0v) is 14.4. The van der Waals surface area contributed by atoms with Crippen LogP contribution in [0.2, 0.25) is 0 Å². The molecule has 2 N–H and O–H groups in total. The van der Waals surface area contributed by atoms with Crippen molar-refractivity contribution < 1.29 is 17.2 Å². The molecule has 3 heterocycles. The van der Waals surface area contributed by atoms with E-state index < -0.39 is 27.2 Å². The van der Waals surface area contributed by atoms with Gasteiger partial charge in [0.2, 0.25) is 10.0 Å². The predicted octanol–water partition coefficient (Wildman–Crippen LogP) is 1.12. The molecular weight excluding hydrogens is 354 g/mol. The lowest BCUT2D eigenvalue weighted by atomic mass is 10.1. The molecular formula is C14H18F2N6O2S. The van der Waals surface area contributed by atoms with Crippen LogP contribution < -0.4 is 10.0 Å². The normalized spacial score (nSPS) is 24.0. The van der Waals surface area contributed by atoms with E-state index in [9.17, 15) is 17.2 Å². The van der Waals surface area contributed by atoms with Gasteiger partial charge < -0.3 is 5.32 Å². The third-order valence-electron chi connectivity index (χ3n) is 4.64. The molecule has 1 aliphatic heterocycles. The lowest BCUT2D eigenvalue weighted by Gasteiger charge is -2.11. The van der Waals surface area contributed by atoms with Crippen molar-refractivity contribution in [3.63, 3.8) is 0 Å². The molecule has 136 valence electrons. The third-order valence-corrected chi connectivity index (χ3v) is 7.00. The van der Waals surface area contributed by atoms with Gasteiger partial charge in [-0.1, -0.05) is 0 Å². The van der Waals surface area contributed by atoms with E-state index in [0.29, 0.717) is 42.7 Å². The van der Waals surface area contributed by atoms with Gasteiger partial charge in [-0.05, 0) is 19.3 Å². The van der Waals surface area contributed by atoms with Crippen LogP contribution in [0, 0.1) is 0 Å². The highest BCUT2D eigenvalue weighted by molar-refractivity contribution is 7.91. The van der Waals surface area contributed by atoms with Crippen LogP contribution in [0.15, 0.2) is 12.5 Å². The molecule has 0 bridgehead atoms. The van der Waals surface area contributed by atoms with Gasteiger partial charge >= 0.3 is 0 Å². The summed E-state index contributed by atoms with van der Waals surface area (Å²) in [5, 5.41) is 7.64. The van der Waals surface area contributed by atoms with Crippen molar-refractivity contribution in [3.8, 4) is 0 Å². The van der Waals surface area contributed by atoms with Gasteiger partial charge in [-0.2, -0.15) is 5.10 Å². The van der Waals surface area contributed by atoms with E-state index in [2.05, 4.69) is 25.1 Å². The van der Waals surface area contributed by atoms with Crippen LogP contribution in [0.5, 0.6) is 0 Å². The Morgan fingerprint density at radius 1 is 1.44 bits per heavy atom. The summed E-state index contributed by atoms with van der Waals surface area (Å²) in [7, 11) is -3.25. The molecule has 2 aromatic heterocycles. The van der Waals surface area contributed by atoms with Crippen molar-refractivity contribution in [1.82, 2.24) is 24.5 Å². The topological polar surface area (TPSA) is 102 Å². The third kappa shape index (κ3) is 3.06. The number of hydrogen-bond donors (Lipinski definition) is 2. The fraction of sp³-hybridized carbons (Fsp3) is 0.643. The highest BCUT2D eigenvalue weighted by Crippen LogP contribution is 2.50. The second-order valence-corrected chi connectivity index (χ2v) is 9.05. The number of hydrogen-bond acceptors (Lipinski definition) is 6. The molecule has 2 aromatic rings. The molecule has 2 fully saturated rings. The minimum absolute atomic E-state index is 0.215. The highest BCUT2D eigenvalue weighted by Gasteiger charge is 2.60. The monoisotopic (exact) mass is 372 g/mol. The Kier molecular flexibility index (Phi) is 3.52. The first-order chi connectivity index (χ1) is 11.7. The Labute approximate surface area is 143 Å². The van der Waals surface area contributed by atoms with E-state index in [1.54, 1.807) is 0 Å². The molecule has 0 amide bonds. The maximum Gasteiger partial charge on any atom is 0.264 e. The number of alkyl halides is 2. The molecule has 1 aliphatic carbocycles. The van der Waals surface area contributed by atoms with E-state index in [4.69, 9.17) is 0 Å². The molecule has 1 spiro atoms. The predicted molar refractivity (Wildman–Crippen MR) is 86.9 cm³/mol. The summed E-state index contributed by atoms with van der Waals surface area (Å²) in [6.45, 7) is 0.639. The summed E-state index contributed by atoms with van der Waals surface area (Å²) in [5.74, 6) is -2.43. The maximum absolute atomic E-state index is 13.2. The summed E-state index contributed by atoms with van der Waals surface area (Å²) in [6, 6.07) is -0.215. The SMILES string of the molecule is CC(F)(F)Cn1cc2c(NCC3CC4(CC4)S(=O)(=O)N3)ncnc2n1. The largest absolute Gasteiger partial charge is 0.368 e. The summed E-state index contributed by atoms with van der Waals surface area (Å²) in [6.07, 6.45) is 4.74. The Morgan fingerprint density at radius 3 is 2.84 bits per heavy atom. The number of sulfonamides is 1. The molecule has 1 saturated heterocycles. The lowest BCUT2D eigenvalue weighted by molar-refractivity contribution is 0.000774. The van der Waals surface area contributed by atoms with E-state index >= 15 is 0 Å². The van der Waals surface area contributed by atoms with E-state index in [-0.39, 0.29) is 6.04 Å². The van der Waals surface area contributed by atoms with Crippen LogP contribution >= 0.6 is 0 Å². The minimum atomic E-state index is -3.25. The summed E-state index contributed by atoms with van der Waals surface area (Å²) < 4.78 is 53.7. The summed E-state index contributed by atoms with van der Waals surface area (Å²) in [4.78, 5) is 8.11. The van der Waals surface area contributed by atoms with Crippen molar-refractivity contribution in [1.29, 1.82) is 0 Å². The Hall–Kier alpha value is -1.88. The second kappa shape index (κ2) is 5.31. The number of rotatable bonds is 5. The van der Waals surface area contributed by atoms with Crippen LogP contribution in [-0.4, -0.2) is 51.4 Å². The number of anilines is 1. The van der Waals surface area contributed by atoms with Crippen LogP contribution in [0.3, 0.4) is 0 Å². The molecule has 4 rings (SSSR count). The van der Waals surface area contributed by atoms with Crippen molar-refractivity contribution in [2.75, 3.05) is 11.9 Å². The number of aromatic nitrogens is 4. The van der Waals surface area contributed by atoms with E-state index in [1.807, 2.05) is 0 Å². The first-order valence-corrected chi connectivity index (χ1v) is 9.48. The van der Waals surface area contributed by atoms with E-state index in [0.717, 1.165) is 11.6 Å². The Bertz CT molecular complexity index is 919. The van der Waals surface area contributed by atoms with Gasteiger partial charge in [0.25, 0.3) is 5.92 Å². The maximum atomic E-state index is 13.2. The van der Waals surface area contributed by atoms with Crippen molar-refractivity contribution in [3.05, 3.63) is 12.5 Å². The van der Waals surface area contributed by atoms with Crippen LogP contribution in [-0.2, 0) is 16.6 Å². The smallest absolute Gasteiger partial charge is 0.264 e. The van der Waals surface area contributed by atoms with Gasteiger partial charge in [0.1, 0.15) is 18.7 Å². The quantitative estimate of drug-likeness (QED) is 0.815. The molecule has 11 heteroatoms. The molecule has 1 atom stereocenters. The molecule has 1 unspecified atom stereocenters. The molecule has 8 nitrogen and oxygen atoms in total. The van der Waals surface area contributed by atoms with Gasteiger partial charge in [-0.15, -0.1) is 0 Å². The fourth-order valence-electron chi connectivity index (χ4n) is 3.28. The van der Waals surface area contributed by atoms with Gasteiger partial charge in [-0.25, -0.2) is 31.9 Å². The highest BCUT2D eigenvalue weighted by atomic mass is 32.2. The first kappa shape index (κ1) is 16.6. The zero-order valence-electron chi connectivity index (χ0n) is 13.5. The molecule has 25 heavy (non-hydrogen) atoms. The van der Waals surface area contributed by atoms with Crippen LogP contribution in [0.1, 0.15) is 26.2 Å². The van der Waals surface area contributed by atoms with Gasteiger partial charge in [0, 0.05) is 25.7 Å². The Morgan fingerprint density at radius 2 is 2.20 bits per heavy atom. The fourth-order valence-corrected chi connectivity index (χ4v) is 5.20. The van der Waals surface area contributed by atoms with Gasteiger partial charge in [-0.3, -0.25) is 4.68 Å². The summed E-state index contributed by atoms with van der Waals surface area (Å²) in [5.41, 5.74) is 0.312. The van der Waals surface area contributed by atoms with E-state index in [1.165, 1.54) is 12.5 Å². The standard InChI is InChI=1S/C14H18F2N6O2S/c1-13(15,16)7-22-6-10-11(18-8-19-12(10)20-22)17-5-9-4-14(2-3-14)25(23,24)21-9/h6,8-9,21H,2-5,7H2,1H3,(H,17,18,19,20). The van der Waals surface area contributed by atoms with Crippen LogP contribution in [0.4, 0.5) is 14.6 Å². The van der Waals surface area contributed by atoms with Gasteiger partial charge in [0.15, 0.2) is 5.65 Å². The zero-order chi connectivity index (χ0) is 17.9. The van der Waals surface area contributed by atoms with Crippen molar-refractivity contribution >= 4 is 26.9 Å². The molecule has 1 saturated carbocycles. The number of nitrogens with one attached hydrogen (secondary N) is 2. The van der Waals surface area contributed by atoms with Gasteiger partial charge in [0.05, 0.1) is 10.1 Å².